The Morgan fingerprint density at radius 2 is 1.88 bits per heavy atom. The van der Waals surface area contributed by atoms with Gasteiger partial charge in [0.1, 0.15) is 0 Å². The minimum Gasteiger partial charge on any atom is -0.462 e. The lowest BCUT2D eigenvalue weighted by atomic mass is 10.0. The van der Waals surface area contributed by atoms with Crippen molar-refractivity contribution in [3.8, 4) is 0 Å². The highest BCUT2D eigenvalue weighted by atomic mass is 16.5. The molecule has 4 heteroatoms. The summed E-state index contributed by atoms with van der Waals surface area (Å²) in [5.41, 5.74) is 4.20. The molecule has 0 radical (unpaired) electrons. The number of aromatic nitrogens is 1. The molecule has 0 N–H and O–H groups in total. The SMILES string of the molecule is CCOC(=O)c1ccc2c(C=O)c(C(C)C)n(Cc3ccccc3)c2c1. The Hall–Kier alpha value is -2.88. The molecule has 3 rings (SSSR count). The van der Waals surface area contributed by atoms with Crippen LogP contribution in [0.25, 0.3) is 10.9 Å². The number of nitrogens with zero attached hydrogens (tertiary/aromatic N) is 1. The lowest BCUT2D eigenvalue weighted by Crippen LogP contribution is -2.08. The molecule has 1 heterocycles. The normalized spacial score (nSPS) is 11.1. The first-order valence-electron chi connectivity index (χ1n) is 8.89. The molecule has 0 spiro atoms. The van der Waals surface area contributed by atoms with E-state index in [0.717, 1.165) is 28.4 Å². The summed E-state index contributed by atoms with van der Waals surface area (Å²) in [7, 11) is 0. The molecule has 0 amide bonds. The second-order valence-electron chi connectivity index (χ2n) is 6.60. The van der Waals surface area contributed by atoms with Crippen molar-refractivity contribution >= 4 is 23.2 Å². The monoisotopic (exact) mass is 349 g/mol. The van der Waals surface area contributed by atoms with Crippen LogP contribution in [0.2, 0.25) is 0 Å². The second-order valence-corrected chi connectivity index (χ2v) is 6.60. The van der Waals surface area contributed by atoms with E-state index in [4.69, 9.17) is 4.74 Å². The Bertz CT molecular complexity index is 939. The largest absolute Gasteiger partial charge is 0.462 e. The van der Waals surface area contributed by atoms with Gasteiger partial charge in [0.05, 0.1) is 17.7 Å². The van der Waals surface area contributed by atoms with Gasteiger partial charge in [-0.25, -0.2) is 4.79 Å². The molecule has 0 saturated heterocycles. The van der Waals surface area contributed by atoms with E-state index in [-0.39, 0.29) is 11.9 Å². The van der Waals surface area contributed by atoms with E-state index in [9.17, 15) is 9.59 Å². The predicted molar refractivity (Wildman–Crippen MR) is 103 cm³/mol. The lowest BCUT2D eigenvalue weighted by molar-refractivity contribution is 0.0526. The van der Waals surface area contributed by atoms with E-state index >= 15 is 0 Å². The average Bonchev–Trinajstić information content (AvgIpc) is 2.95. The maximum atomic E-state index is 12.2. The zero-order valence-corrected chi connectivity index (χ0v) is 15.4. The summed E-state index contributed by atoms with van der Waals surface area (Å²) >= 11 is 0. The van der Waals surface area contributed by atoms with Crippen molar-refractivity contribution < 1.29 is 14.3 Å². The van der Waals surface area contributed by atoms with Gasteiger partial charge in [0.25, 0.3) is 0 Å². The molecule has 0 aliphatic rings. The number of ether oxygens (including phenoxy) is 1. The zero-order chi connectivity index (χ0) is 18.7. The molecule has 0 aliphatic carbocycles. The van der Waals surface area contributed by atoms with Crippen molar-refractivity contribution in [1.29, 1.82) is 0 Å². The number of esters is 1. The fraction of sp³-hybridized carbons (Fsp3) is 0.273. The highest BCUT2D eigenvalue weighted by Crippen LogP contribution is 2.32. The van der Waals surface area contributed by atoms with Gasteiger partial charge >= 0.3 is 5.97 Å². The van der Waals surface area contributed by atoms with Crippen molar-refractivity contribution in [3.05, 3.63) is 70.9 Å². The van der Waals surface area contributed by atoms with Crippen molar-refractivity contribution in [2.45, 2.75) is 33.2 Å². The van der Waals surface area contributed by atoms with E-state index in [1.54, 1.807) is 13.0 Å². The van der Waals surface area contributed by atoms with E-state index in [0.29, 0.717) is 24.3 Å². The summed E-state index contributed by atoms with van der Waals surface area (Å²) in [6, 6.07) is 15.5. The standard InChI is InChI=1S/C22H23NO3/c1-4-26-22(25)17-10-11-18-19(14-24)21(15(2)3)23(20(18)12-17)13-16-8-6-5-7-9-16/h5-12,14-15H,4,13H2,1-3H3. The summed E-state index contributed by atoms with van der Waals surface area (Å²) < 4.78 is 7.27. The quantitative estimate of drug-likeness (QED) is 0.474. The van der Waals surface area contributed by atoms with E-state index < -0.39 is 0 Å². The molecule has 134 valence electrons. The molecular formula is C22H23NO3. The Morgan fingerprint density at radius 1 is 1.15 bits per heavy atom. The molecule has 4 nitrogen and oxygen atoms in total. The van der Waals surface area contributed by atoms with Gasteiger partial charge in [-0.3, -0.25) is 4.79 Å². The topological polar surface area (TPSA) is 48.3 Å². The van der Waals surface area contributed by atoms with Gasteiger partial charge in [0.15, 0.2) is 6.29 Å². The lowest BCUT2D eigenvalue weighted by Gasteiger charge is -2.14. The van der Waals surface area contributed by atoms with E-state index in [1.807, 2.05) is 30.3 Å². The third-order valence-corrected chi connectivity index (χ3v) is 4.50. The molecule has 0 saturated carbocycles. The highest BCUT2D eigenvalue weighted by Gasteiger charge is 2.20. The highest BCUT2D eigenvalue weighted by molar-refractivity contribution is 6.02. The van der Waals surface area contributed by atoms with Gasteiger partial charge in [-0.2, -0.15) is 0 Å². The molecule has 0 atom stereocenters. The van der Waals surface area contributed by atoms with Crippen LogP contribution in [0.5, 0.6) is 0 Å². The smallest absolute Gasteiger partial charge is 0.338 e. The number of benzene rings is 2. The van der Waals surface area contributed by atoms with Crippen LogP contribution in [0, 0.1) is 0 Å². The minimum atomic E-state index is -0.347. The van der Waals surface area contributed by atoms with Crippen LogP contribution in [0.1, 0.15) is 58.7 Å². The molecule has 0 aliphatic heterocycles. The molecule has 3 aromatic rings. The summed E-state index contributed by atoms with van der Waals surface area (Å²) in [5, 5.41) is 0.868. The van der Waals surface area contributed by atoms with Crippen molar-refractivity contribution in [2.75, 3.05) is 6.61 Å². The van der Waals surface area contributed by atoms with Gasteiger partial charge in [-0.15, -0.1) is 0 Å². The Kier molecular flexibility index (Phi) is 5.21. The molecule has 0 fully saturated rings. The summed E-state index contributed by atoms with van der Waals surface area (Å²) in [5.74, 6) is -0.169. The first kappa shape index (κ1) is 17.9. The maximum absolute atomic E-state index is 12.2. The zero-order valence-electron chi connectivity index (χ0n) is 15.4. The van der Waals surface area contributed by atoms with Crippen molar-refractivity contribution in [3.63, 3.8) is 0 Å². The van der Waals surface area contributed by atoms with Crippen LogP contribution in [-0.2, 0) is 11.3 Å². The number of hydrogen-bond donors (Lipinski definition) is 0. The number of carbonyl (C=O) groups is 2. The van der Waals surface area contributed by atoms with Crippen LogP contribution in [-0.4, -0.2) is 23.4 Å². The van der Waals surface area contributed by atoms with Gasteiger partial charge in [-0.1, -0.05) is 50.2 Å². The number of rotatable bonds is 6. The van der Waals surface area contributed by atoms with Crippen molar-refractivity contribution in [1.82, 2.24) is 4.57 Å². The first-order valence-corrected chi connectivity index (χ1v) is 8.89. The van der Waals surface area contributed by atoms with Crippen LogP contribution in [0.15, 0.2) is 48.5 Å². The molecule has 0 bridgehead atoms. The van der Waals surface area contributed by atoms with Crippen molar-refractivity contribution in [2.24, 2.45) is 0 Å². The van der Waals surface area contributed by atoms with E-state index in [2.05, 4.69) is 30.5 Å². The van der Waals surface area contributed by atoms with Gasteiger partial charge in [0.2, 0.25) is 0 Å². The first-order chi connectivity index (χ1) is 12.6. The number of fused-ring (bicyclic) bond motifs is 1. The number of aldehydes is 1. The minimum absolute atomic E-state index is 0.178. The Balaban J connectivity index is 2.23. The van der Waals surface area contributed by atoms with Crippen LogP contribution < -0.4 is 0 Å². The van der Waals surface area contributed by atoms with Gasteiger partial charge in [-0.05, 0) is 30.5 Å². The van der Waals surface area contributed by atoms with Crippen LogP contribution >= 0.6 is 0 Å². The predicted octanol–water partition coefficient (Wildman–Crippen LogP) is 4.80. The fourth-order valence-corrected chi connectivity index (χ4v) is 3.42. The van der Waals surface area contributed by atoms with E-state index in [1.165, 1.54) is 0 Å². The molecule has 0 unspecified atom stereocenters. The molecule has 1 aromatic heterocycles. The summed E-state index contributed by atoms with van der Waals surface area (Å²) in [6.07, 6.45) is 0.920. The molecule has 2 aromatic carbocycles. The number of hydrogen-bond acceptors (Lipinski definition) is 3. The van der Waals surface area contributed by atoms with Crippen LogP contribution in [0.3, 0.4) is 0 Å². The Labute approximate surface area is 153 Å². The second kappa shape index (κ2) is 7.56. The van der Waals surface area contributed by atoms with Crippen LogP contribution in [0.4, 0.5) is 0 Å². The summed E-state index contributed by atoms with van der Waals surface area (Å²) in [6.45, 7) is 6.92. The third-order valence-electron chi connectivity index (χ3n) is 4.50. The average molecular weight is 349 g/mol. The van der Waals surface area contributed by atoms with Gasteiger partial charge in [0, 0.05) is 23.2 Å². The fourth-order valence-electron chi connectivity index (χ4n) is 3.42. The third kappa shape index (κ3) is 3.27. The number of carbonyl (C=O) groups excluding carboxylic acids is 2. The summed E-state index contributed by atoms with van der Waals surface area (Å²) in [4.78, 5) is 24.0. The van der Waals surface area contributed by atoms with Gasteiger partial charge < -0.3 is 9.30 Å². The maximum Gasteiger partial charge on any atom is 0.338 e. The molecule has 26 heavy (non-hydrogen) atoms. The Morgan fingerprint density at radius 3 is 2.50 bits per heavy atom. The molecular weight excluding hydrogens is 326 g/mol.